The van der Waals surface area contributed by atoms with Crippen LogP contribution in [0.4, 0.5) is 0 Å². The van der Waals surface area contributed by atoms with E-state index in [1.807, 2.05) is 0 Å². The van der Waals surface area contributed by atoms with Crippen LogP contribution in [0.2, 0.25) is 0 Å². The van der Waals surface area contributed by atoms with Crippen LogP contribution >= 0.6 is 0 Å². The zero-order valence-corrected chi connectivity index (χ0v) is 8.30. The first-order valence-electron chi connectivity index (χ1n) is 5.08. The molecule has 13 heavy (non-hydrogen) atoms. The van der Waals surface area contributed by atoms with Gasteiger partial charge in [-0.05, 0) is 35.6 Å². The van der Waals surface area contributed by atoms with E-state index in [0.717, 1.165) is 6.42 Å². The van der Waals surface area contributed by atoms with Gasteiger partial charge in [-0.2, -0.15) is 0 Å². The Kier molecular flexibility index (Phi) is 2.22. The van der Waals surface area contributed by atoms with Gasteiger partial charge in [0.05, 0.1) is 0 Å². The lowest BCUT2D eigenvalue weighted by Crippen LogP contribution is -1.89. The minimum atomic E-state index is 0.547. The van der Waals surface area contributed by atoms with E-state index in [1.165, 1.54) is 23.1 Å². The zero-order chi connectivity index (χ0) is 9.26. The monoisotopic (exact) mass is 171 g/mol. The number of rotatable bonds is 2. The summed E-state index contributed by atoms with van der Waals surface area (Å²) in [5, 5.41) is 0. The predicted octanol–water partition coefficient (Wildman–Crippen LogP) is 3.79. The van der Waals surface area contributed by atoms with Crippen molar-refractivity contribution < 1.29 is 0 Å². The Balaban J connectivity index is 2.47. The van der Waals surface area contributed by atoms with Crippen LogP contribution in [0.25, 0.3) is 5.57 Å². The second-order valence-electron chi connectivity index (χ2n) is 3.52. The highest BCUT2D eigenvalue weighted by atomic mass is 14.2. The fraction of sp³-hybridized carbons (Fsp3) is 0.385. The molecule has 1 radical (unpaired) electrons. The molecule has 0 saturated carbocycles. The molecule has 1 aliphatic carbocycles. The molecule has 1 aromatic rings. The van der Waals surface area contributed by atoms with E-state index in [4.69, 9.17) is 0 Å². The van der Waals surface area contributed by atoms with Gasteiger partial charge in [0.2, 0.25) is 0 Å². The standard InChI is InChI=1S/C13H15/c1-3-10-9-11(4-2)13-8-6-5-7-12(10)13/h5-8,10H,3-4H2,1-2H3. The van der Waals surface area contributed by atoms with Crippen LogP contribution in [0.3, 0.4) is 0 Å². The van der Waals surface area contributed by atoms with E-state index in [0.29, 0.717) is 5.92 Å². The largest absolute Gasteiger partial charge is 0.0645 e. The van der Waals surface area contributed by atoms with Gasteiger partial charge in [0.25, 0.3) is 0 Å². The SMILES string of the molecule is CCC1=[C]C(CC)c2ccccc21. The van der Waals surface area contributed by atoms with Crippen molar-refractivity contribution in [3.8, 4) is 0 Å². The zero-order valence-electron chi connectivity index (χ0n) is 8.30. The first kappa shape index (κ1) is 8.55. The molecule has 0 heteroatoms. The third-order valence-corrected chi connectivity index (χ3v) is 2.77. The first-order valence-corrected chi connectivity index (χ1v) is 5.08. The van der Waals surface area contributed by atoms with Crippen LogP contribution in [-0.2, 0) is 0 Å². The minimum absolute atomic E-state index is 0.547. The van der Waals surface area contributed by atoms with Crippen molar-refractivity contribution in [2.45, 2.75) is 32.6 Å². The summed E-state index contributed by atoms with van der Waals surface area (Å²) in [7, 11) is 0. The Labute approximate surface area is 80.3 Å². The molecular formula is C13H15. The number of hydrogen-bond donors (Lipinski definition) is 0. The molecule has 1 unspecified atom stereocenters. The molecule has 0 aliphatic heterocycles. The van der Waals surface area contributed by atoms with Crippen molar-refractivity contribution in [2.24, 2.45) is 0 Å². The quantitative estimate of drug-likeness (QED) is 0.635. The second kappa shape index (κ2) is 3.37. The molecule has 0 aromatic heterocycles. The third-order valence-electron chi connectivity index (χ3n) is 2.77. The smallest absolute Gasteiger partial charge is 0.00987 e. The van der Waals surface area contributed by atoms with E-state index >= 15 is 0 Å². The van der Waals surface area contributed by atoms with Gasteiger partial charge in [-0.3, -0.25) is 0 Å². The predicted molar refractivity (Wildman–Crippen MR) is 56.4 cm³/mol. The molecule has 0 fully saturated rings. The van der Waals surface area contributed by atoms with Crippen molar-refractivity contribution >= 4 is 5.57 Å². The van der Waals surface area contributed by atoms with Gasteiger partial charge in [-0.25, -0.2) is 0 Å². The molecule has 1 aliphatic rings. The average molecular weight is 171 g/mol. The summed E-state index contributed by atoms with van der Waals surface area (Å²) >= 11 is 0. The van der Waals surface area contributed by atoms with Crippen molar-refractivity contribution in [3.63, 3.8) is 0 Å². The molecule has 0 amide bonds. The third kappa shape index (κ3) is 1.31. The van der Waals surface area contributed by atoms with Crippen LogP contribution in [0.15, 0.2) is 24.3 Å². The van der Waals surface area contributed by atoms with Crippen LogP contribution in [0.5, 0.6) is 0 Å². The van der Waals surface area contributed by atoms with Crippen molar-refractivity contribution in [2.75, 3.05) is 0 Å². The Hall–Kier alpha value is -1.04. The summed E-state index contributed by atoms with van der Waals surface area (Å²) < 4.78 is 0. The topological polar surface area (TPSA) is 0 Å². The maximum atomic E-state index is 3.57. The molecule has 0 nitrogen and oxygen atoms in total. The molecule has 0 heterocycles. The van der Waals surface area contributed by atoms with Crippen LogP contribution < -0.4 is 0 Å². The van der Waals surface area contributed by atoms with Crippen LogP contribution in [0, 0.1) is 6.08 Å². The van der Waals surface area contributed by atoms with E-state index < -0.39 is 0 Å². The van der Waals surface area contributed by atoms with E-state index in [1.54, 1.807) is 0 Å². The number of allylic oxidation sites excluding steroid dienone is 2. The number of hydrogen-bond acceptors (Lipinski definition) is 0. The van der Waals surface area contributed by atoms with Gasteiger partial charge in [0, 0.05) is 5.92 Å². The van der Waals surface area contributed by atoms with E-state index in [2.05, 4.69) is 44.2 Å². The highest BCUT2D eigenvalue weighted by Crippen LogP contribution is 2.37. The van der Waals surface area contributed by atoms with Gasteiger partial charge >= 0.3 is 0 Å². The number of benzene rings is 1. The fourth-order valence-corrected chi connectivity index (χ4v) is 2.06. The van der Waals surface area contributed by atoms with Gasteiger partial charge in [0.1, 0.15) is 0 Å². The summed E-state index contributed by atoms with van der Waals surface area (Å²) in [5.74, 6) is 0.547. The average Bonchev–Trinajstić information content (AvgIpc) is 2.56. The van der Waals surface area contributed by atoms with Gasteiger partial charge in [0.15, 0.2) is 0 Å². The molecule has 2 rings (SSSR count). The molecule has 0 N–H and O–H groups in total. The van der Waals surface area contributed by atoms with Crippen LogP contribution in [0.1, 0.15) is 43.7 Å². The lowest BCUT2D eigenvalue weighted by molar-refractivity contribution is 0.800. The van der Waals surface area contributed by atoms with Gasteiger partial charge in [-0.1, -0.05) is 38.1 Å². The van der Waals surface area contributed by atoms with E-state index in [9.17, 15) is 0 Å². The molecule has 1 atom stereocenters. The lowest BCUT2D eigenvalue weighted by atomic mass is 9.98. The highest BCUT2D eigenvalue weighted by Gasteiger charge is 2.20. The Morgan fingerprint density at radius 1 is 1.23 bits per heavy atom. The highest BCUT2D eigenvalue weighted by molar-refractivity contribution is 5.72. The fourth-order valence-electron chi connectivity index (χ4n) is 2.06. The molecule has 0 saturated heterocycles. The van der Waals surface area contributed by atoms with Gasteiger partial charge in [-0.15, -0.1) is 0 Å². The Morgan fingerprint density at radius 2 is 2.00 bits per heavy atom. The summed E-state index contributed by atoms with van der Waals surface area (Å²) in [4.78, 5) is 0. The van der Waals surface area contributed by atoms with Crippen molar-refractivity contribution in [3.05, 3.63) is 41.5 Å². The Morgan fingerprint density at radius 3 is 2.69 bits per heavy atom. The molecular weight excluding hydrogens is 156 g/mol. The number of fused-ring (bicyclic) bond motifs is 1. The Bertz CT molecular complexity index is 334. The van der Waals surface area contributed by atoms with Crippen molar-refractivity contribution in [1.29, 1.82) is 0 Å². The van der Waals surface area contributed by atoms with Crippen molar-refractivity contribution in [1.82, 2.24) is 0 Å². The molecule has 1 aromatic carbocycles. The van der Waals surface area contributed by atoms with Gasteiger partial charge < -0.3 is 0 Å². The maximum Gasteiger partial charge on any atom is 0.00987 e. The normalized spacial score (nSPS) is 19.8. The molecule has 0 bridgehead atoms. The minimum Gasteiger partial charge on any atom is -0.0645 e. The summed E-state index contributed by atoms with van der Waals surface area (Å²) in [6, 6.07) is 8.70. The molecule has 67 valence electrons. The van der Waals surface area contributed by atoms with E-state index in [-0.39, 0.29) is 0 Å². The first-order chi connectivity index (χ1) is 6.36. The summed E-state index contributed by atoms with van der Waals surface area (Å²) in [6.45, 7) is 4.43. The lowest BCUT2D eigenvalue weighted by Gasteiger charge is -2.06. The molecule has 0 spiro atoms. The maximum absolute atomic E-state index is 3.57. The second-order valence-corrected chi connectivity index (χ2v) is 3.52. The summed E-state index contributed by atoms with van der Waals surface area (Å²) in [5.41, 5.74) is 4.31. The summed E-state index contributed by atoms with van der Waals surface area (Å²) in [6.07, 6.45) is 5.84. The van der Waals surface area contributed by atoms with Crippen LogP contribution in [-0.4, -0.2) is 0 Å².